The molecule has 1 unspecified atom stereocenters. The third kappa shape index (κ3) is 2.08. The van der Waals surface area contributed by atoms with Crippen LogP contribution in [0.2, 0.25) is 0 Å². The molecule has 2 aromatic rings. The normalized spacial score (nSPS) is 17.8. The van der Waals surface area contributed by atoms with Crippen LogP contribution in [0.25, 0.3) is 5.69 Å². The van der Waals surface area contributed by atoms with E-state index in [9.17, 15) is 10.1 Å². The number of nitro groups is 1. The summed E-state index contributed by atoms with van der Waals surface area (Å²) >= 11 is 0. The standard InChI is InChI=1S/C14H16N4O2/c1-15-13-3-2-4-14-12(13)9-16-17(14)10-5-7-11(8-6-10)18(19)20/h5-9,13,15H,2-4H2,1H3. The van der Waals surface area contributed by atoms with Crippen LogP contribution in [0.1, 0.15) is 30.1 Å². The van der Waals surface area contributed by atoms with Crippen molar-refractivity contribution in [1.82, 2.24) is 15.1 Å². The molecule has 104 valence electrons. The Labute approximate surface area is 116 Å². The first-order valence-corrected chi connectivity index (χ1v) is 6.69. The summed E-state index contributed by atoms with van der Waals surface area (Å²) in [6.07, 6.45) is 5.13. The zero-order chi connectivity index (χ0) is 14.1. The minimum atomic E-state index is -0.390. The Balaban J connectivity index is 1.99. The van der Waals surface area contributed by atoms with Crippen LogP contribution in [-0.2, 0) is 6.42 Å². The van der Waals surface area contributed by atoms with Gasteiger partial charge in [-0.25, -0.2) is 4.68 Å². The lowest BCUT2D eigenvalue weighted by atomic mass is 9.93. The molecular weight excluding hydrogens is 256 g/mol. The number of nitrogens with zero attached hydrogens (tertiary/aromatic N) is 3. The summed E-state index contributed by atoms with van der Waals surface area (Å²) in [6, 6.07) is 6.87. The number of nitro benzene ring substituents is 1. The molecular formula is C14H16N4O2. The van der Waals surface area contributed by atoms with Gasteiger partial charge in [-0.1, -0.05) is 0 Å². The quantitative estimate of drug-likeness (QED) is 0.687. The molecule has 1 aromatic carbocycles. The average Bonchev–Trinajstić information content (AvgIpc) is 2.91. The maximum absolute atomic E-state index is 10.7. The summed E-state index contributed by atoms with van der Waals surface area (Å²) in [7, 11) is 1.96. The summed E-state index contributed by atoms with van der Waals surface area (Å²) in [5.74, 6) is 0. The van der Waals surface area contributed by atoms with E-state index in [0.29, 0.717) is 6.04 Å². The number of fused-ring (bicyclic) bond motifs is 1. The van der Waals surface area contributed by atoms with Crippen molar-refractivity contribution < 1.29 is 4.92 Å². The van der Waals surface area contributed by atoms with Crippen molar-refractivity contribution >= 4 is 5.69 Å². The maximum atomic E-state index is 10.7. The smallest absolute Gasteiger partial charge is 0.269 e. The summed E-state index contributed by atoms with van der Waals surface area (Å²) in [4.78, 5) is 10.3. The van der Waals surface area contributed by atoms with Crippen molar-refractivity contribution in [2.75, 3.05) is 7.05 Å². The van der Waals surface area contributed by atoms with E-state index in [0.717, 1.165) is 24.9 Å². The van der Waals surface area contributed by atoms with Gasteiger partial charge in [0.05, 0.1) is 16.8 Å². The lowest BCUT2D eigenvalue weighted by Crippen LogP contribution is -2.21. The molecule has 0 saturated heterocycles. The Kier molecular flexibility index (Phi) is 3.23. The van der Waals surface area contributed by atoms with Gasteiger partial charge in [0, 0.05) is 29.4 Å². The molecule has 6 heteroatoms. The molecule has 20 heavy (non-hydrogen) atoms. The van der Waals surface area contributed by atoms with E-state index < -0.39 is 0 Å². The fourth-order valence-electron chi connectivity index (χ4n) is 2.79. The Hall–Kier alpha value is -2.21. The summed E-state index contributed by atoms with van der Waals surface area (Å²) in [5.41, 5.74) is 3.40. The van der Waals surface area contributed by atoms with E-state index in [2.05, 4.69) is 10.4 Å². The Bertz CT molecular complexity index is 633. The van der Waals surface area contributed by atoms with Gasteiger partial charge >= 0.3 is 0 Å². The zero-order valence-electron chi connectivity index (χ0n) is 11.2. The maximum Gasteiger partial charge on any atom is 0.269 e. The highest BCUT2D eigenvalue weighted by atomic mass is 16.6. The molecule has 1 aromatic heterocycles. The third-order valence-corrected chi connectivity index (χ3v) is 3.84. The highest BCUT2D eigenvalue weighted by molar-refractivity contribution is 5.42. The SMILES string of the molecule is CNC1CCCc2c1cnn2-c1ccc([N+](=O)[O-])cc1. The van der Waals surface area contributed by atoms with Crippen LogP contribution in [0.3, 0.4) is 0 Å². The monoisotopic (exact) mass is 272 g/mol. The lowest BCUT2D eigenvalue weighted by Gasteiger charge is -2.22. The second-order valence-corrected chi connectivity index (χ2v) is 4.97. The predicted octanol–water partition coefficient (Wildman–Crippen LogP) is 2.38. The molecule has 0 radical (unpaired) electrons. The van der Waals surface area contributed by atoms with Crippen molar-refractivity contribution in [2.45, 2.75) is 25.3 Å². The van der Waals surface area contributed by atoms with Crippen LogP contribution in [0.5, 0.6) is 0 Å². The van der Waals surface area contributed by atoms with E-state index in [4.69, 9.17) is 0 Å². The van der Waals surface area contributed by atoms with Crippen LogP contribution >= 0.6 is 0 Å². The summed E-state index contributed by atoms with van der Waals surface area (Å²) in [6.45, 7) is 0. The fourth-order valence-corrected chi connectivity index (χ4v) is 2.79. The van der Waals surface area contributed by atoms with E-state index in [1.54, 1.807) is 12.1 Å². The number of nitrogens with one attached hydrogen (secondary N) is 1. The van der Waals surface area contributed by atoms with E-state index >= 15 is 0 Å². The molecule has 1 N–H and O–H groups in total. The second-order valence-electron chi connectivity index (χ2n) is 4.97. The third-order valence-electron chi connectivity index (χ3n) is 3.84. The van der Waals surface area contributed by atoms with Gasteiger partial charge < -0.3 is 5.32 Å². The largest absolute Gasteiger partial charge is 0.313 e. The minimum absolute atomic E-state index is 0.0999. The molecule has 1 aliphatic rings. The number of non-ortho nitro benzene ring substituents is 1. The van der Waals surface area contributed by atoms with Crippen molar-refractivity contribution in [1.29, 1.82) is 0 Å². The molecule has 0 saturated carbocycles. The number of rotatable bonds is 3. The molecule has 6 nitrogen and oxygen atoms in total. The topological polar surface area (TPSA) is 73.0 Å². The Morgan fingerprint density at radius 1 is 1.40 bits per heavy atom. The summed E-state index contributed by atoms with van der Waals surface area (Å²) in [5, 5.41) is 18.4. The van der Waals surface area contributed by atoms with E-state index in [1.165, 1.54) is 23.4 Å². The zero-order valence-corrected chi connectivity index (χ0v) is 11.2. The van der Waals surface area contributed by atoms with Gasteiger partial charge in [-0.05, 0) is 38.4 Å². The highest BCUT2D eigenvalue weighted by Gasteiger charge is 2.23. The van der Waals surface area contributed by atoms with Crippen LogP contribution in [0, 0.1) is 10.1 Å². The van der Waals surface area contributed by atoms with Gasteiger partial charge in [0.15, 0.2) is 0 Å². The Morgan fingerprint density at radius 2 is 2.15 bits per heavy atom. The molecule has 0 spiro atoms. The number of aromatic nitrogens is 2. The van der Waals surface area contributed by atoms with Crippen molar-refractivity contribution in [3.63, 3.8) is 0 Å². The van der Waals surface area contributed by atoms with Crippen LogP contribution in [-0.4, -0.2) is 21.8 Å². The van der Waals surface area contributed by atoms with Crippen LogP contribution < -0.4 is 5.32 Å². The fraction of sp³-hybridized carbons (Fsp3) is 0.357. The first kappa shape index (κ1) is 12.8. The van der Waals surface area contributed by atoms with Gasteiger partial charge in [0.1, 0.15) is 0 Å². The number of hydrogen-bond donors (Lipinski definition) is 1. The van der Waals surface area contributed by atoms with Crippen LogP contribution in [0.4, 0.5) is 5.69 Å². The van der Waals surface area contributed by atoms with Gasteiger partial charge in [-0.2, -0.15) is 5.10 Å². The summed E-state index contributed by atoms with van der Waals surface area (Å²) < 4.78 is 1.89. The number of hydrogen-bond acceptors (Lipinski definition) is 4. The predicted molar refractivity (Wildman–Crippen MR) is 75.0 cm³/mol. The molecule has 0 aliphatic heterocycles. The first-order valence-electron chi connectivity index (χ1n) is 6.69. The van der Waals surface area contributed by atoms with E-state index in [1.807, 2.05) is 17.9 Å². The molecule has 0 fully saturated rings. The molecule has 0 bridgehead atoms. The van der Waals surface area contributed by atoms with Gasteiger partial charge in [0.25, 0.3) is 5.69 Å². The lowest BCUT2D eigenvalue weighted by molar-refractivity contribution is -0.384. The second kappa shape index (κ2) is 5.05. The molecule has 1 atom stereocenters. The molecule has 1 aliphatic carbocycles. The number of benzene rings is 1. The van der Waals surface area contributed by atoms with Crippen LogP contribution in [0.15, 0.2) is 30.5 Å². The van der Waals surface area contributed by atoms with Gasteiger partial charge in [0.2, 0.25) is 0 Å². The molecule has 1 heterocycles. The van der Waals surface area contributed by atoms with Crippen molar-refractivity contribution in [3.05, 3.63) is 51.8 Å². The van der Waals surface area contributed by atoms with E-state index in [-0.39, 0.29) is 10.6 Å². The Morgan fingerprint density at radius 3 is 2.80 bits per heavy atom. The first-order chi connectivity index (χ1) is 9.70. The average molecular weight is 272 g/mol. The molecule has 0 amide bonds. The van der Waals surface area contributed by atoms with Crippen molar-refractivity contribution in [3.8, 4) is 5.69 Å². The van der Waals surface area contributed by atoms with Crippen molar-refractivity contribution in [2.24, 2.45) is 0 Å². The minimum Gasteiger partial charge on any atom is -0.313 e. The van der Waals surface area contributed by atoms with Gasteiger partial charge in [-0.15, -0.1) is 0 Å². The molecule has 3 rings (SSSR count). The highest BCUT2D eigenvalue weighted by Crippen LogP contribution is 2.30. The van der Waals surface area contributed by atoms with Gasteiger partial charge in [-0.3, -0.25) is 10.1 Å².